The van der Waals surface area contributed by atoms with Crippen molar-refractivity contribution >= 4 is 17.3 Å². The highest BCUT2D eigenvalue weighted by Gasteiger charge is 2.30. The largest absolute Gasteiger partial charge is 0.469 e. The zero-order valence-electron chi connectivity index (χ0n) is 10.5. The van der Waals surface area contributed by atoms with Crippen LogP contribution in [0.4, 0.5) is 13.2 Å². The fourth-order valence-electron chi connectivity index (χ4n) is 1.77. The summed E-state index contributed by atoms with van der Waals surface area (Å²) in [5, 5.41) is 1.80. The average Bonchev–Trinajstić information content (AvgIpc) is 2.86. The molecule has 0 aliphatic rings. The van der Waals surface area contributed by atoms with Gasteiger partial charge in [-0.05, 0) is 34.7 Å². The van der Waals surface area contributed by atoms with E-state index in [1.807, 2.05) is 0 Å². The molecule has 0 N–H and O–H groups in total. The lowest BCUT2D eigenvalue weighted by molar-refractivity contribution is -0.140. The molecule has 6 heteroatoms. The van der Waals surface area contributed by atoms with Gasteiger partial charge >= 0.3 is 12.1 Å². The number of esters is 1. The van der Waals surface area contributed by atoms with Crippen LogP contribution in [0.1, 0.15) is 11.1 Å². The maximum atomic E-state index is 12.5. The monoisotopic (exact) mass is 300 g/mol. The van der Waals surface area contributed by atoms with Gasteiger partial charge in [-0.1, -0.05) is 12.1 Å². The molecule has 0 bridgehead atoms. The number of rotatable bonds is 3. The first-order valence-electron chi connectivity index (χ1n) is 5.72. The minimum atomic E-state index is -4.34. The molecule has 0 atom stereocenters. The van der Waals surface area contributed by atoms with Crippen molar-refractivity contribution in [2.45, 2.75) is 12.6 Å². The molecular weight excluding hydrogens is 289 g/mol. The van der Waals surface area contributed by atoms with E-state index in [1.54, 1.807) is 11.4 Å². The molecule has 0 aliphatic carbocycles. The van der Waals surface area contributed by atoms with Gasteiger partial charge in [0.2, 0.25) is 0 Å². The molecule has 0 radical (unpaired) electrons. The number of thiophene rings is 1. The highest BCUT2D eigenvalue weighted by molar-refractivity contribution is 7.13. The van der Waals surface area contributed by atoms with Gasteiger partial charge in [-0.15, -0.1) is 11.3 Å². The fourth-order valence-corrected chi connectivity index (χ4v) is 2.70. The van der Waals surface area contributed by atoms with Crippen molar-refractivity contribution in [3.05, 3.63) is 46.8 Å². The molecule has 0 saturated carbocycles. The van der Waals surface area contributed by atoms with Gasteiger partial charge in [0.15, 0.2) is 0 Å². The second-order valence-electron chi connectivity index (χ2n) is 4.10. The van der Waals surface area contributed by atoms with Crippen LogP contribution < -0.4 is 0 Å². The van der Waals surface area contributed by atoms with E-state index in [0.29, 0.717) is 5.56 Å². The lowest BCUT2D eigenvalue weighted by Gasteiger charge is -2.08. The number of alkyl halides is 3. The SMILES string of the molecule is COC(=O)Cc1ccsc1-c1ccc(C(F)(F)F)cc1. The predicted molar refractivity (Wildman–Crippen MR) is 70.5 cm³/mol. The quantitative estimate of drug-likeness (QED) is 0.796. The van der Waals surface area contributed by atoms with E-state index < -0.39 is 11.7 Å². The number of halogens is 3. The molecule has 1 aromatic heterocycles. The Morgan fingerprint density at radius 1 is 1.20 bits per heavy atom. The van der Waals surface area contributed by atoms with Crippen LogP contribution in [-0.2, 0) is 22.1 Å². The summed E-state index contributed by atoms with van der Waals surface area (Å²) in [6, 6.07) is 6.67. The van der Waals surface area contributed by atoms with E-state index >= 15 is 0 Å². The third-order valence-electron chi connectivity index (χ3n) is 2.78. The number of hydrogen-bond acceptors (Lipinski definition) is 3. The van der Waals surface area contributed by atoms with E-state index in [4.69, 9.17) is 0 Å². The molecule has 106 valence electrons. The third-order valence-corrected chi connectivity index (χ3v) is 3.79. The Hall–Kier alpha value is -1.82. The van der Waals surface area contributed by atoms with E-state index in [9.17, 15) is 18.0 Å². The van der Waals surface area contributed by atoms with Gasteiger partial charge < -0.3 is 4.74 Å². The Kier molecular flexibility index (Phi) is 4.13. The highest BCUT2D eigenvalue weighted by atomic mass is 32.1. The number of methoxy groups -OCH3 is 1. The van der Waals surface area contributed by atoms with Gasteiger partial charge in [0.25, 0.3) is 0 Å². The summed E-state index contributed by atoms with van der Waals surface area (Å²) < 4.78 is 42.1. The number of ether oxygens (including phenoxy) is 1. The maximum Gasteiger partial charge on any atom is 0.416 e. The Bertz CT molecular complexity index is 600. The van der Waals surface area contributed by atoms with E-state index in [2.05, 4.69) is 4.74 Å². The minimum absolute atomic E-state index is 0.107. The lowest BCUT2D eigenvalue weighted by atomic mass is 10.1. The van der Waals surface area contributed by atoms with Crippen molar-refractivity contribution in [3.8, 4) is 10.4 Å². The summed E-state index contributed by atoms with van der Waals surface area (Å²) in [6.45, 7) is 0. The number of hydrogen-bond donors (Lipinski definition) is 0. The Morgan fingerprint density at radius 3 is 2.40 bits per heavy atom. The average molecular weight is 300 g/mol. The molecule has 1 aromatic carbocycles. The van der Waals surface area contributed by atoms with Crippen molar-refractivity contribution < 1.29 is 22.7 Å². The van der Waals surface area contributed by atoms with E-state index in [1.165, 1.54) is 30.6 Å². The summed E-state index contributed by atoms with van der Waals surface area (Å²) in [6.07, 6.45) is -4.24. The van der Waals surface area contributed by atoms with Crippen LogP contribution in [0.3, 0.4) is 0 Å². The predicted octanol–water partition coefficient (Wildman–Crippen LogP) is 4.15. The summed E-state index contributed by atoms with van der Waals surface area (Å²) in [4.78, 5) is 12.1. The molecule has 2 rings (SSSR count). The van der Waals surface area contributed by atoms with Crippen molar-refractivity contribution in [2.75, 3.05) is 7.11 Å². The van der Waals surface area contributed by atoms with Gasteiger partial charge in [0.1, 0.15) is 0 Å². The molecule has 0 aliphatic heterocycles. The van der Waals surface area contributed by atoms with E-state index in [-0.39, 0.29) is 12.4 Å². The number of carbonyl (C=O) groups excluding carboxylic acids is 1. The van der Waals surface area contributed by atoms with Crippen LogP contribution in [0.5, 0.6) is 0 Å². The van der Waals surface area contributed by atoms with Crippen LogP contribution in [0, 0.1) is 0 Å². The lowest BCUT2D eigenvalue weighted by Crippen LogP contribution is -2.05. The molecular formula is C14H11F3O2S. The first-order chi connectivity index (χ1) is 9.41. The minimum Gasteiger partial charge on any atom is -0.469 e. The molecule has 0 saturated heterocycles. The second kappa shape index (κ2) is 5.66. The summed E-state index contributed by atoms with van der Waals surface area (Å²) in [5.41, 5.74) is 0.723. The molecule has 20 heavy (non-hydrogen) atoms. The molecule has 2 aromatic rings. The number of carbonyl (C=O) groups is 1. The van der Waals surface area contributed by atoms with Crippen molar-refractivity contribution in [1.29, 1.82) is 0 Å². The van der Waals surface area contributed by atoms with Crippen molar-refractivity contribution in [1.82, 2.24) is 0 Å². The molecule has 1 heterocycles. The summed E-state index contributed by atoms with van der Waals surface area (Å²) in [7, 11) is 1.30. The van der Waals surface area contributed by atoms with E-state index in [0.717, 1.165) is 22.6 Å². The standard InChI is InChI=1S/C14H11F3O2S/c1-19-12(18)8-10-6-7-20-13(10)9-2-4-11(5-3-9)14(15,16)17/h2-7H,8H2,1H3. The van der Waals surface area contributed by atoms with Crippen LogP contribution >= 0.6 is 11.3 Å². The van der Waals surface area contributed by atoms with Gasteiger partial charge in [-0.25, -0.2) is 0 Å². The normalized spacial score (nSPS) is 11.4. The summed E-state index contributed by atoms with van der Waals surface area (Å²) in [5.74, 6) is -0.378. The third kappa shape index (κ3) is 3.19. The number of benzene rings is 1. The molecule has 0 fully saturated rings. The summed E-state index contributed by atoms with van der Waals surface area (Å²) >= 11 is 1.38. The van der Waals surface area contributed by atoms with Gasteiger partial charge in [0, 0.05) is 4.88 Å². The first-order valence-corrected chi connectivity index (χ1v) is 6.60. The van der Waals surface area contributed by atoms with Crippen molar-refractivity contribution in [3.63, 3.8) is 0 Å². The van der Waals surface area contributed by atoms with Gasteiger partial charge in [-0.2, -0.15) is 13.2 Å². The van der Waals surface area contributed by atoms with Crippen molar-refractivity contribution in [2.24, 2.45) is 0 Å². The first kappa shape index (κ1) is 14.6. The molecule has 0 unspecified atom stereocenters. The smallest absolute Gasteiger partial charge is 0.416 e. The topological polar surface area (TPSA) is 26.3 Å². The van der Waals surface area contributed by atoms with Crippen LogP contribution in [-0.4, -0.2) is 13.1 Å². The Morgan fingerprint density at radius 2 is 1.85 bits per heavy atom. The Balaban J connectivity index is 2.29. The zero-order chi connectivity index (χ0) is 14.8. The second-order valence-corrected chi connectivity index (χ2v) is 5.02. The molecule has 0 amide bonds. The van der Waals surface area contributed by atoms with Crippen LogP contribution in [0.15, 0.2) is 35.7 Å². The maximum absolute atomic E-state index is 12.5. The van der Waals surface area contributed by atoms with Gasteiger partial charge in [-0.3, -0.25) is 4.79 Å². The fraction of sp³-hybridized carbons (Fsp3) is 0.214. The molecule has 0 spiro atoms. The van der Waals surface area contributed by atoms with Gasteiger partial charge in [0.05, 0.1) is 19.1 Å². The highest BCUT2D eigenvalue weighted by Crippen LogP contribution is 2.34. The van der Waals surface area contributed by atoms with Crippen LogP contribution in [0.25, 0.3) is 10.4 Å². The molecule has 2 nitrogen and oxygen atoms in total. The Labute approximate surface area is 117 Å². The van der Waals surface area contributed by atoms with Crippen LogP contribution in [0.2, 0.25) is 0 Å². The zero-order valence-corrected chi connectivity index (χ0v) is 11.3.